The van der Waals surface area contributed by atoms with E-state index in [0.29, 0.717) is 36.9 Å². The fourth-order valence-corrected chi connectivity index (χ4v) is 2.52. The molecule has 1 fully saturated rings. The van der Waals surface area contributed by atoms with Crippen LogP contribution in [-0.4, -0.2) is 69.2 Å². The number of aliphatic hydroxyl groups excluding tert-OH is 2. The summed E-state index contributed by atoms with van der Waals surface area (Å²) in [5.74, 6) is -0.199. The van der Waals surface area contributed by atoms with Crippen LogP contribution in [0.25, 0.3) is 0 Å². The van der Waals surface area contributed by atoms with Gasteiger partial charge < -0.3 is 15.1 Å². The lowest BCUT2D eigenvalue weighted by Crippen LogP contribution is -2.38. The van der Waals surface area contributed by atoms with Gasteiger partial charge >= 0.3 is 0 Å². The van der Waals surface area contributed by atoms with Gasteiger partial charge in [-0.15, -0.1) is 0 Å². The van der Waals surface area contributed by atoms with Gasteiger partial charge in [-0.1, -0.05) is 0 Å². The van der Waals surface area contributed by atoms with Crippen molar-refractivity contribution in [3.8, 4) is 0 Å². The number of nitrogens with zero attached hydrogens (tertiary/aromatic N) is 3. The third kappa shape index (κ3) is 4.00. The summed E-state index contributed by atoms with van der Waals surface area (Å²) in [6, 6.07) is 3.61. The van der Waals surface area contributed by atoms with E-state index in [1.165, 1.54) is 6.20 Å². The van der Waals surface area contributed by atoms with E-state index in [1.807, 2.05) is 0 Å². The molecule has 2 rings (SSSR count). The van der Waals surface area contributed by atoms with E-state index in [2.05, 4.69) is 23.7 Å². The Morgan fingerprint density at radius 3 is 2.86 bits per heavy atom. The van der Waals surface area contributed by atoms with Gasteiger partial charge in [-0.25, -0.2) is 0 Å². The van der Waals surface area contributed by atoms with Gasteiger partial charge in [0.2, 0.25) is 0 Å². The topological polar surface area (TPSA) is 76.9 Å². The number of amides is 1. The van der Waals surface area contributed by atoms with Crippen LogP contribution in [0.15, 0.2) is 18.3 Å². The Balaban J connectivity index is 2.11. The molecule has 0 aromatic carbocycles. The molecule has 0 bridgehead atoms. The Hall–Kier alpha value is -1.50. The van der Waals surface area contributed by atoms with E-state index in [0.717, 1.165) is 6.54 Å². The highest BCUT2D eigenvalue weighted by Crippen LogP contribution is 2.11. The summed E-state index contributed by atoms with van der Waals surface area (Å²) in [7, 11) is 0. The third-order valence-electron chi connectivity index (χ3n) is 3.78. The molecule has 1 saturated heterocycles. The Morgan fingerprint density at radius 2 is 2.19 bits per heavy atom. The molecule has 2 heterocycles. The van der Waals surface area contributed by atoms with Crippen molar-refractivity contribution in [3.05, 3.63) is 29.6 Å². The van der Waals surface area contributed by atoms with Crippen molar-refractivity contribution in [2.45, 2.75) is 32.6 Å². The fraction of sp³-hybridized carbons (Fsp3) is 0.600. The number of hydrogen-bond donors (Lipinski definition) is 2. The second kappa shape index (κ2) is 6.98. The van der Waals surface area contributed by atoms with Gasteiger partial charge in [0.25, 0.3) is 5.91 Å². The quantitative estimate of drug-likeness (QED) is 0.826. The highest BCUT2D eigenvalue weighted by molar-refractivity contribution is 5.92. The van der Waals surface area contributed by atoms with Crippen molar-refractivity contribution < 1.29 is 15.0 Å². The van der Waals surface area contributed by atoms with Gasteiger partial charge in [0, 0.05) is 38.4 Å². The lowest BCUT2D eigenvalue weighted by molar-refractivity contribution is 0.0654. The number of carbonyl (C=O) groups is 1. The largest absolute Gasteiger partial charge is 0.392 e. The van der Waals surface area contributed by atoms with Crippen LogP contribution >= 0.6 is 0 Å². The van der Waals surface area contributed by atoms with E-state index < -0.39 is 6.10 Å². The summed E-state index contributed by atoms with van der Waals surface area (Å²) in [6.45, 7) is 6.23. The number of rotatable bonds is 3. The molecule has 2 N–H and O–H groups in total. The average molecular weight is 293 g/mol. The van der Waals surface area contributed by atoms with Crippen LogP contribution in [0.4, 0.5) is 0 Å². The highest BCUT2D eigenvalue weighted by Gasteiger charge is 2.26. The van der Waals surface area contributed by atoms with Crippen molar-refractivity contribution in [2.24, 2.45) is 0 Å². The van der Waals surface area contributed by atoms with E-state index in [9.17, 15) is 9.90 Å². The maximum atomic E-state index is 12.5. The van der Waals surface area contributed by atoms with Crippen LogP contribution in [-0.2, 0) is 6.61 Å². The second-order valence-corrected chi connectivity index (χ2v) is 5.70. The minimum absolute atomic E-state index is 0.118. The number of hydrogen-bond acceptors (Lipinski definition) is 5. The van der Waals surface area contributed by atoms with Crippen LogP contribution in [0.2, 0.25) is 0 Å². The molecule has 0 spiro atoms. The van der Waals surface area contributed by atoms with Crippen molar-refractivity contribution >= 4 is 5.91 Å². The maximum Gasteiger partial charge on any atom is 0.272 e. The standard InChI is InChI=1S/C15H23N3O3/c1-11(2)17-5-6-18(9-13(20)8-17)15(21)14-7-12(10-19)3-4-16-14/h3-4,7,11,13,19-20H,5-6,8-10H2,1-2H3/t13-/m0/s1. The normalized spacial score (nSPS) is 20.6. The summed E-state index contributed by atoms with van der Waals surface area (Å²) in [5, 5.41) is 19.2. The number of carbonyl (C=O) groups excluding carboxylic acids is 1. The molecule has 1 aliphatic rings. The number of aromatic nitrogens is 1. The van der Waals surface area contributed by atoms with Crippen molar-refractivity contribution in [1.29, 1.82) is 0 Å². The minimum Gasteiger partial charge on any atom is -0.392 e. The number of aliphatic hydroxyl groups is 2. The fourth-order valence-electron chi connectivity index (χ4n) is 2.52. The summed E-state index contributed by atoms with van der Waals surface area (Å²) in [4.78, 5) is 20.4. The monoisotopic (exact) mass is 293 g/mol. The Labute approximate surface area is 125 Å². The lowest BCUT2D eigenvalue weighted by Gasteiger charge is -2.25. The van der Waals surface area contributed by atoms with Gasteiger partial charge in [-0.2, -0.15) is 0 Å². The van der Waals surface area contributed by atoms with Crippen molar-refractivity contribution in [3.63, 3.8) is 0 Å². The Kier molecular flexibility index (Phi) is 5.27. The number of pyridine rings is 1. The first-order valence-electron chi connectivity index (χ1n) is 7.28. The third-order valence-corrected chi connectivity index (χ3v) is 3.78. The Morgan fingerprint density at radius 1 is 1.43 bits per heavy atom. The first-order valence-corrected chi connectivity index (χ1v) is 7.28. The van der Waals surface area contributed by atoms with E-state index in [-0.39, 0.29) is 12.5 Å². The average Bonchev–Trinajstić information content (AvgIpc) is 2.68. The van der Waals surface area contributed by atoms with Crippen molar-refractivity contribution in [1.82, 2.24) is 14.8 Å². The van der Waals surface area contributed by atoms with Crippen LogP contribution in [0.3, 0.4) is 0 Å². The predicted octanol–water partition coefficient (Wildman–Crippen LogP) is 0.101. The van der Waals surface area contributed by atoms with Crippen LogP contribution in [0.5, 0.6) is 0 Å². The molecule has 116 valence electrons. The molecule has 21 heavy (non-hydrogen) atoms. The van der Waals surface area contributed by atoms with Crippen LogP contribution < -0.4 is 0 Å². The van der Waals surface area contributed by atoms with Gasteiger partial charge in [0.05, 0.1) is 12.7 Å². The molecule has 0 radical (unpaired) electrons. The molecule has 0 aliphatic carbocycles. The molecular formula is C15H23N3O3. The Bertz CT molecular complexity index is 493. The van der Waals surface area contributed by atoms with Gasteiger partial charge in [-0.3, -0.25) is 14.7 Å². The summed E-state index contributed by atoms with van der Waals surface area (Å²) in [6.07, 6.45) is 0.966. The second-order valence-electron chi connectivity index (χ2n) is 5.70. The van der Waals surface area contributed by atoms with E-state index >= 15 is 0 Å². The summed E-state index contributed by atoms with van der Waals surface area (Å²) in [5.41, 5.74) is 0.972. The number of β-amino-alcohol motifs (C(OH)–C–C–N with tert-alkyl or cyclic N) is 1. The molecule has 1 atom stereocenters. The zero-order valence-corrected chi connectivity index (χ0v) is 12.6. The molecule has 0 unspecified atom stereocenters. The van der Waals surface area contributed by atoms with Crippen molar-refractivity contribution in [2.75, 3.05) is 26.2 Å². The first-order chi connectivity index (χ1) is 10.0. The van der Waals surface area contributed by atoms with Crippen LogP contribution in [0.1, 0.15) is 29.9 Å². The molecular weight excluding hydrogens is 270 g/mol. The predicted molar refractivity (Wildman–Crippen MR) is 78.8 cm³/mol. The zero-order chi connectivity index (χ0) is 15.4. The smallest absolute Gasteiger partial charge is 0.272 e. The molecule has 1 aliphatic heterocycles. The molecule has 6 heteroatoms. The minimum atomic E-state index is -0.556. The lowest BCUT2D eigenvalue weighted by atomic mass is 10.2. The SMILES string of the molecule is CC(C)N1CCN(C(=O)c2cc(CO)ccn2)C[C@@H](O)C1. The maximum absolute atomic E-state index is 12.5. The van der Waals surface area contributed by atoms with Gasteiger partial charge in [0.15, 0.2) is 0 Å². The van der Waals surface area contributed by atoms with Gasteiger partial charge in [-0.05, 0) is 31.5 Å². The highest BCUT2D eigenvalue weighted by atomic mass is 16.3. The van der Waals surface area contributed by atoms with Gasteiger partial charge in [0.1, 0.15) is 5.69 Å². The first kappa shape index (κ1) is 15.9. The van der Waals surface area contributed by atoms with Crippen LogP contribution in [0, 0.1) is 0 Å². The molecule has 1 amide bonds. The molecule has 1 aromatic heterocycles. The summed E-state index contributed by atoms with van der Waals surface area (Å²) < 4.78 is 0. The van der Waals surface area contributed by atoms with E-state index in [4.69, 9.17) is 5.11 Å². The zero-order valence-electron chi connectivity index (χ0n) is 12.6. The van der Waals surface area contributed by atoms with E-state index in [1.54, 1.807) is 17.0 Å². The molecule has 0 saturated carbocycles. The molecule has 1 aromatic rings. The summed E-state index contributed by atoms with van der Waals surface area (Å²) >= 11 is 0. The molecule has 6 nitrogen and oxygen atoms in total.